The van der Waals surface area contributed by atoms with Gasteiger partial charge in [-0.1, -0.05) is 0 Å². The van der Waals surface area contributed by atoms with Crippen molar-refractivity contribution in [1.29, 1.82) is 0 Å². The van der Waals surface area contributed by atoms with E-state index in [4.69, 9.17) is 4.74 Å². The van der Waals surface area contributed by atoms with Crippen LogP contribution in [0.1, 0.15) is 36.5 Å². The molecule has 4 rings (SSSR count). The van der Waals surface area contributed by atoms with Gasteiger partial charge in [0.15, 0.2) is 6.10 Å². The highest BCUT2D eigenvalue weighted by atomic mass is 16.5. The summed E-state index contributed by atoms with van der Waals surface area (Å²) in [7, 11) is 0. The first-order valence-electron chi connectivity index (χ1n) is 10.3. The van der Waals surface area contributed by atoms with E-state index in [1.165, 1.54) is 30.3 Å². The molecule has 0 aliphatic carbocycles. The van der Waals surface area contributed by atoms with Gasteiger partial charge in [0.1, 0.15) is 6.33 Å². The largest absolute Gasteiger partial charge is 0.449 e. The first-order valence-corrected chi connectivity index (χ1v) is 10.3. The summed E-state index contributed by atoms with van der Waals surface area (Å²) in [4.78, 5) is 27.2. The van der Waals surface area contributed by atoms with E-state index in [1.807, 2.05) is 24.3 Å². The molecule has 2 heterocycles. The monoisotopic (exact) mass is 420 g/mol. The average Bonchev–Trinajstić information content (AvgIpc) is 3.35. The minimum atomic E-state index is -0.937. The second kappa shape index (κ2) is 9.38. The summed E-state index contributed by atoms with van der Waals surface area (Å²) in [5, 5.41) is 13.7. The molecule has 1 amide bonds. The fourth-order valence-corrected chi connectivity index (χ4v) is 3.46. The maximum Gasteiger partial charge on any atom is 0.338 e. The molecule has 9 heteroatoms. The number of esters is 1. The third-order valence-corrected chi connectivity index (χ3v) is 5.23. The fraction of sp³-hybridized carbons (Fsp3) is 0.318. The normalized spacial score (nSPS) is 14.7. The lowest BCUT2D eigenvalue weighted by atomic mass is 10.1. The number of nitrogens with zero attached hydrogens (tertiary/aromatic N) is 5. The summed E-state index contributed by atoms with van der Waals surface area (Å²) in [5.74, 6) is -0.962. The number of piperidine rings is 1. The minimum Gasteiger partial charge on any atom is -0.449 e. The SMILES string of the molecule is C[C@@H](OC(=O)c1ccc(-n2cnnn2)cc1)C(=O)Nc1ccc(N2CCCCC2)cc1. The summed E-state index contributed by atoms with van der Waals surface area (Å²) < 4.78 is 6.79. The summed E-state index contributed by atoms with van der Waals surface area (Å²) >= 11 is 0. The van der Waals surface area contributed by atoms with Gasteiger partial charge in [0, 0.05) is 24.5 Å². The minimum absolute atomic E-state index is 0.336. The van der Waals surface area contributed by atoms with Gasteiger partial charge in [-0.15, -0.1) is 5.10 Å². The fourth-order valence-electron chi connectivity index (χ4n) is 3.46. The number of tetrazole rings is 1. The molecule has 1 fully saturated rings. The topological polar surface area (TPSA) is 102 Å². The smallest absolute Gasteiger partial charge is 0.338 e. The summed E-state index contributed by atoms with van der Waals surface area (Å²) in [5.41, 5.74) is 2.87. The van der Waals surface area contributed by atoms with Crippen LogP contribution >= 0.6 is 0 Å². The van der Waals surface area contributed by atoms with Gasteiger partial charge < -0.3 is 15.0 Å². The maximum absolute atomic E-state index is 12.5. The number of ether oxygens (including phenoxy) is 1. The van der Waals surface area contributed by atoms with Gasteiger partial charge >= 0.3 is 5.97 Å². The highest BCUT2D eigenvalue weighted by molar-refractivity contribution is 5.97. The molecule has 160 valence electrons. The number of carbonyl (C=O) groups is 2. The molecule has 0 radical (unpaired) electrons. The van der Waals surface area contributed by atoms with Crippen molar-refractivity contribution < 1.29 is 14.3 Å². The van der Waals surface area contributed by atoms with E-state index >= 15 is 0 Å². The molecule has 9 nitrogen and oxygen atoms in total. The predicted molar refractivity (Wildman–Crippen MR) is 115 cm³/mol. The van der Waals surface area contributed by atoms with Crippen molar-refractivity contribution in [1.82, 2.24) is 20.2 Å². The number of carbonyl (C=O) groups excluding carboxylic acids is 2. The molecule has 0 bridgehead atoms. The second-order valence-corrected chi connectivity index (χ2v) is 7.43. The Morgan fingerprint density at radius 2 is 1.65 bits per heavy atom. The number of anilines is 2. The van der Waals surface area contributed by atoms with E-state index in [0.717, 1.165) is 18.8 Å². The molecule has 0 saturated carbocycles. The van der Waals surface area contributed by atoms with Crippen LogP contribution in [0.25, 0.3) is 5.69 Å². The van der Waals surface area contributed by atoms with E-state index in [0.29, 0.717) is 16.9 Å². The van der Waals surface area contributed by atoms with Crippen molar-refractivity contribution in [3.8, 4) is 5.69 Å². The quantitative estimate of drug-likeness (QED) is 0.612. The molecule has 2 aromatic carbocycles. The predicted octanol–water partition coefficient (Wildman–Crippen LogP) is 2.84. The Hall–Kier alpha value is -3.75. The molecule has 0 spiro atoms. The standard InChI is InChI=1S/C22H24N6O3/c1-16(31-22(30)17-5-9-20(10-6-17)28-15-23-25-26-28)21(29)24-18-7-11-19(12-8-18)27-13-3-2-4-14-27/h5-12,15-16H,2-4,13-14H2,1H3,(H,24,29)/t16-/m1/s1. The van der Waals surface area contributed by atoms with Gasteiger partial charge in [-0.2, -0.15) is 0 Å². The average molecular weight is 420 g/mol. The Labute approximate surface area is 180 Å². The number of aromatic nitrogens is 4. The van der Waals surface area contributed by atoms with E-state index in [-0.39, 0.29) is 5.91 Å². The summed E-state index contributed by atoms with van der Waals surface area (Å²) in [6.07, 6.45) is 4.22. The number of amides is 1. The maximum atomic E-state index is 12.5. The third kappa shape index (κ3) is 5.06. The van der Waals surface area contributed by atoms with Crippen molar-refractivity contribution in [3.63, 3.8) is 0 Å². The molecular weight excluding hydrogens is 396 g/mol. The Morgan fingerprint density at radius 3 is 2.29 bits per heavy atom. The molecule has 0 unspecified atom stereocenters. The molecule has 3 aromatic rings. The number of benzene rings is 2. The van der Waals surface area contributed by atoms with Crippen LogP contribution in [-0.4, -0.2) is 51.3 Å². The van der Waals surface area contributed by atoms with Crippen LogP contribution in [0.2, 0.25) is 0 Å². The third-order valence-electron chi connectivity index (χ3n) is 5.23. The molecule has 1 saturated heterocycles. The lowest BCUT2D eigenvalue weighted by Crippen LogP contribution is -2.30. The number of hydrogen-bond acceptors (Lipinski definition) is 7. The lowest BCUT2D eigenvalue weighted by molar-refractivity contribution is -0.123. The second-order valence-electron chi connectivity index (χ2n) is 7.43. The Kier molecular flexibility index (Phi) is 6.21. The van der Waals surface area contributed by atoms with Crippen molar-refractivity contribution in [2.24, 2.45) is 0 Å². The summed E-state index contributed by atoms with van der Waals surface area (Å²) in [6.45, 7) is 3.68. The van der Waals surface area contributed by atoms with Gasteiger partial charge in [0.05, 0.1) is 11.3 Å². The van der Waals surface area contributed by atoms with E-state index in [1.54, 1.807) is 31.2 Å². The zero-order valence-corrected chi connectivity index (χ0v) is 17.3. The summed E-state index contributed by atoms with van der Waals surface area (Å²) in [6, 6.07) is 14.3. The lowest BCUT2D eigenvalue weighted by Gasteiger charge is -2.28. The van der Waals surface area contributed by atoms with E-state index < -0.39 is 12.1 Å². The number of nitrogens with one attached hydrogen (secondary N) is 1. The molecule has 1 aliphatic heterocycles. The van der Waals surface area contributed by atoms with E-state index in [9.17, 15) is 9.59 Å². The molecule has 1 aromatic heterocycles. The number of hydrogen-bond donors (Lipinski definition) is 1. The van der Waals surface area contributed by atoms with Crippen LogP contribution in [0.3, 0.4) is 0 Å². The zero-order valence-electron chi connectivity index (χ0n) is 17.3. The van der Waals surface area contributed by atoms with Crippen LogP contribution in [0, 0.1) is 0 Å². The van der Waals surface area contributed by atoms with Crippen molar-refractivity contribution in [3.05, 3.63) is 60.4 Å². The number of rotatable bonds is 6. The van der Waals surface area contributed by atoms with Gasteiger partial charge in [0.25, 0.3) is 5.91 Å². The Morgan fingerprint density at radius 1 is 0.968 bits per heavy atom. The van der Waals surface area contributed by atoms with Gasteiger partial charge in [-0.05, 0) is 85.1 Å². The van der Waals surface area contributed by atoms with Crippen molar-refractivity contribution in [2.45, 2.75) is 32.3 Å². The molecular formula is C22H24N6O3. The zero-order chi connectivity index (χ0) is 21.6. The molecule has 31 heavy (non-hydrogen) atoms. The van der Waals surface area contributed by atoms with Crippen molar-refractivity contribution in [2.75, 3.05) is 23.3 Å². The Bertz CT molecular complexity index is 1010. The van der Waals surface area contributed by atoms with Crippen LogP contribution in [0.5, 0.6) is 0 Å². The van der Waals surface area contributed by atoms with Gasteiger partial charge in [-0.3, -0.25) is 4.79 Å². The van der Waals surface area contributed by atoms with Gasteiger partial charge in [0.2, 0.25) is 0 Å². The van der Waals surface area contributed by atoms with Crippen LogP contribution in [0.4, 0.5) is 11.4 Å². The molecule has 1 N–H and O–H groups in total. The van der Waals surface area contributed by atoms with Crippen molar-refractivity contribution >= 4 is 23.3 Å². The van der Waals surface area contributed by atoms with Crippen LogP contribution < -0.4 is 10.2 Å². The molecule has 1 atom stereocenters. The molecule has 1 aliphatic rings. The highest BCUT2D eigenvalue weighted by Crippen LogP contribution is 2.22. The van der Waals surface area contributed by atoms with E-state index in [2.05, 4.69) is 25.7 Å². The van der Waals surface area contributed by atoms with Crippen LogP contribution in [0.15, 0.2) is 54.9 Å². The first kappa shape index (κ1) is 20.5. The van der Waals surface area contributed by atoms with Crippen LogP contribution in [-0.2, 0) is 9.53 Å². The van der Waals surface area contributed by atoms with Gasteiger partial charge in [-0.25, -0.2) is 9.48 Å². The first-order chi connectivity index (χ1) is 15.1. The Balaban J connectivity index is 1.31. The highest BCUT2D eigenvalue weighted by Gasteiger charge is 2.19.